The van der Waals surface area contributed by atoms with Crippen molar-refractivity contribution in [2.75, 3.05) is 0 Å². The van der Waals surface area contributed by atoms with Gasteiger partial charge in [0, 0.05) is 5.02 Å². The van der Waals surface area contributed by atoms with Crippen LogP contribution in [0.25, 0.3) is 11.1 Å². The maximum Gasteiger partial charge on any atom is 0.0444 e. The Bertz CT molecular complexity index is 501. The van der Waals surface area contributed by atoms with Crippen molar-refractivity contribution in [3.63, 3.8) is 0 Å². The third-order valence-corrected chi connectivity index (χ3v) is 3.26. The highest BCUT2D eigenvalue weighted by molar-refractivity contribution is 6.31. The zero-order valence-corrected chi connectivity index (χ0v) is 10.4. The molecular weight excluding hydrogens is 216 g/mol. The summed E-state index contributed by atoms with van der Waals surface area (Å²) in [5.74, 6) is 0. The van der Waals surface area contributed by atoms with Crippen LogP contribution in [0.1, 0.15) is 18.1 Å². The first-order valence-electron chi connectivity index (χ1n) is 5.57. The average molecular weight is 231 g/mol. The maximum atomic E-state index is 6.23. The van der Waals surface area contributed by atoms with Crippen molar-refractivity contribution in [2.24, 2.45) is 0 Å². The van der Waals surface area contributed by atoms with Crippen molar-refractivity contribution in [3.05, 3.63) is 58.6 Å². The molecule has 16 heavy (non-hydrogen) atoms. The van der Waals surface area contributed by atoms with Crippen LogP contribution in [-0.2, 0) is 6.42 Å². The van der Waals surface area contributed by atoms with E-state index in [9.17, 15) is 0 Å². The zero-order valence-electron chi connectivity index (χ0n) is 9.63. The van der Waals surface area contributed by atoms with E-state index in [1.807, 2.05) is 12.1 Å². The molecule has 0 aliphatic rings. The van der Waals surface area contributed by atoms with E-state index in [1.165, 1.54) is 22.3 Å². The molecule has 0 aliphatic heterocycles. The van der Waals surface area contributed by atoms with Gasteiger partial charge in [0.1, 0.15) is 0 Å². The molecule has 1 heteroatoms. The summed E-state index contributed by atoms with van der Waals surface area (Å²) < 4.78 is 0. The lowest BCUT2D eigenvalue weighted by molar-refractivity contribution is 1.14. The Kier molecular flexibility index (Phi) is 3.31. The largest absolute Gasteiger partial charge is 0.0840 e. The van der Waals surface area contributed by atoms with Crippen LogP contribution in [0.4, 0.5) is 0 Å². The fourth-order valence-corrected chi connectivity index (χ4v) is 2.35. The van der Waals surface area contributed by atoms with E-state index in [1.54, 1.807) is 0 Å². The standard InChI is InChI=1S/C15H15Cl/c1-3-12-14(9-6-10-15(12)16)13-8-5-4-7-11(13)2/h4-10H,3H2,1-2H3. The molecule has 0 spiro atoms. The smallest absolute Gasteiger partial charge is 0.0444 e. The third-order valence-electron chi connectivity index (χ3n) is 2.91. The number of hydrogen-bond acceptors (Lipinski definition) is 0. The van der Waals surface area contributed by atoms with Crippen LogP contribution in [-0.4, -0.2) is 0 Å². The van der Waals surface area contributed by atoms with Crippen molar-refractivity contribution in [2.45, 2.75) is 20.3 Å². The van der Waals surface area contributed by atoms with Crippen molar-refractivity contribution < 1.29 is 0 Å². The van der Waals surface area contributed by atoms with Crippen LogP contribution in [0.5, 0.6) is 0 Å². The summed E-state index contributed by atoms with van der Waals surface area (Å²) in [6.07, 6.45) is 0.962. The Morgan fingerprint density at radius 2 is 1.62 bits per heavy atom. The summed E-state index contributed by atoms with van der Waals surface area (Å²) in [5, 5.41) is 0.864. The second-order valence-electron chi connectivity index (χ2n) is 3.93. The lowest BCUT2D eigenvalue weighted by Gasteiger charge is -2.12. The van der Waals surface area contributed by atoms with E-state index in [0.29, 0.717) is 0 Å². The third kappa shape index (κ3) is 1.98. The molecule has 0 heterocycles. The molecule has 0 fully saturated rings. The molecule has 0 bridgehead atoms. The van der Waals surface area contributed by atoms with Gasteiger partial charge in [-0.1, -0.05) is 54.9 Å². The molecule has 0 nitrogen and oxygen atoms in total. The summed E-state index contributed by atoms with van der Waals surface area (Å²) in [4.78, 5) is 0. The van der Waals surface area contributed by atoms with E-state index >= 15 is 0 Å². The first-order valence-corrected chi connectivity index (χ1v) is 5.95. The van der Waals surface area contributed by atoms with E-state index in [0.717, 1.165) is 11.4 Å². The Balaban J connectivity index is 2.65. The van der Waals surface area contributed by atoms with E-state index in [4.69, 9.17) is 11.6 Å². The van der Waals surface area contributed by atoms with Gasteiger partial charge in [0.2, 0.25) is 0 Å². The fraction of sp³-hybridized carbons (Fsp3) is 0.200. The molecule has 2 aromatic rings. The second-order valence-corrected chi connectivity index (χ2v) is 4.34. The van der Waals surface area contributed by atoms with Gasteiger partial charge in [-0.25, -0.2) is 0 Å². The minimum Gasteiger partial charge on any atom is -0.0840 e. The molecule has 0 saturated carbocycles. The molecule has 0 N–H and O–H groups in total. The summed E-state index contributed by atoms with van der Waals surface area (Å²) >= 11 is 6.23. The molecule has 2 rings (SSSR count). The van der Waals surface area contributed by atoms with Crippen molar-refractivity contribution in [1.29, 1.82) is 0 Å². The molecule has 0 aromatic heterocycles. The predicted octanol–water partition coefficient (Wildman–Crippen LogP) is 4.88. The van der Waals surface area contributed by atoms with Crippen molar-refractivity contribution in [3.8, 4) is 11.1 Å². The minimum absolute atomic E-state index is 0.864. The summed E-state index contributed by atoms with van der Waals surface area (Å²) in [7, 11) is 0. The molecule has 0 atom stereocenters. The van der Waals surface area contributed by atoms with Gasteiger partial charge < -0.3 is 0 Å². The van der Waals surface area contributed by atoms with Gasteiger partial charge in [-0.05, 0) is 41.7 Å². The van der Waals surface area contributed by atoms with Gasteiger partial charge in [-0.2, -0.15) is 0 Å². The number of aryl methyl sites for hydroxylation is 1. The van der Waals surface area contributed by atoms with Gasteiger partial charge in [-0.15, -0.1) is 0 Å². The van der Waals surface area contributed by atoms with E-state index < -0.39 is 0 Å². The van der Waals surface area contributed by atoms with Crippen LogP contribution >= 0.6 is 11.6 Å². The molecule has 0 amide bonds. The fourth-order valence-electron chi connectivity index (χ4n) is 2.05. The molecule has 0 aliphatic carbocycles. The van der Waals surface area contributed by atoms with Crippen LogP contribution in [0.15, 0.2) is 42.5 Å². The highest BCUT2D eigenvalue weighted by atomic mass is 35.5. The van der Waals surface area contributed by atoms with Gasteiger partial charge in [0.25, 0.3) is 0 Å². The first kappa shape index (κ1) is 11.2. The molecule has 0 saturated heterocycles. The average Bonchev–Trinajstić information content (AvgIpc) is 2.29. The van der Waals surface area contributed by atoms with E-state index in [2.05, 4.69) is 44.2 Å². The first-order chi connectivity index (χ1) is 7.74. The van der Waals surface area contributed by atoms with Crippen LogP contribution in [0.2, 0.25) is 5.02 Å². The van der Waals surface area contributed by atoms with Crippen LogP contribution in [0, 0.1) is 6.92 Å². The topological polar surface area (TPSA) is 0 Å². The lowest BCUT2D eigenvalue weighted by Crippen LogP contribution is -1.90. The predicted molar refractivity (Wildman–Crippen MR) is 71.0 cm³/mol. The Morgan fingerprint density at radius 3 is 2.31 bits per heavy atom. The quantitative estimate of drug-likeness (QED) is 0.690. The summed E-state index contributed by atoms with van der Waals surface area (Å²) in [6.45, 7) is 4.28. The summed E-state index contributed by atoms with van der Waals surface area (Å²) in [6, 6.07) is 14.5. The van der Waals surface area contributed by atoms with Gasteiger partial charge in [-0.3, -0.25) is 0 Å². The molecule has 2 aromatic carbocycles. The lowest BCUT2D eigenvalue weighted by atomic mass is 9.95. The molecular formula is C15H15Cl. The Labute approximate surface area is 102 Å². The summed E-state index contributed by atoms with van der Waals surface area (Å²) in [5.41, 5.74) is 5.06. The van der Waals surface area contributed by atoms with Gasteiger partial charge >= 0.3 is 0 Å². The number of rotatable bonds is 2. The molecule has 82 valence electrons. The number of benzene rings is 2. The number of hydrogen-bond donors (Lipinski definition) is 0. The maximum absolute atomic E-state index is 6.23. The highest BCUT2D eigenvalue weighted by Crippen LogP contribution is 2.31. The monoisotopic (exact) mass is 230 g/mol. The Morgan fingerprint density at radius 1 is 0.938 bits per heavy atom. The SMILES string of the molecule is CCc1c(Cl)cccc1-c1ccccc1C. The van der Waals surface area contributed by atoms with Crippen molar-refractivity contribution in [1.82, 2.24) is 0 Å². The zero-order chi connectivity index (χ0) is 11.5. The van der Waals surface area contributed by atoms with Gasteiger partial charge in [0.05, 0.1) is 0 Å². The molecule has 0 unspecified atom stereocenters. The molecule has 0 radical (unpaired) electrons. The van der Waals surface area contributed by atoms with Crippen LogP contribution < -0.4 is 0 Å². The minimum atomic E-state index is 0.864. The van der Waals surface area contributed by atoms with E-state index in [-0.39, 0.29) is 0 Å². The number of halogens is 1. The van der Waals surface area contributed by atoms with Crippen molar-refractivity contribution >= 4 is 11.6 Å². The normalized spacial score (nSPS) is 10.4. The second kappa shape index (κ2) is 4.71. The Hall–Kier alpha value is -1.27. The van der Waals surface area contributed by atoms with Gasteiger partial charge in [0.15, 0.2) is 0 Å². The van der Waals surface area contributed by atoms with Crippen LogP contribution in [0.3, 0.4) is 0 Å². The highest BCUT2D eigenvalue weighted by Gasteiger charge is 2.08.